The van der Waals surface area contributed by atoms with E-state index in [1.54, 1.807) is 18.9 Å². The Balaban J connectivity index is 2.37. The normalized spacial score (nSPS) is 11.9. The first-order valence-corrected chi connectivity index (χ1v) is 10.3. The second kappa shape index (κ2) is 6.67. The number of rotatable bonds is 4. The molecular formula is C19H16IrOP. The number of carbonyl (C=O) groups excluding carboxylic acids is 1. The van der Waals surface area contributed by atoms with E-state index < -0.39 is 7.26 Å². The Bertz CT molecular complexity index is 661. The zero-order valence-corrected chi connectivity index (χ0v) is 15.3. The van der Waals surface area contributed by atoms with Gasteiger partial charge in [0.1, 0.15) is 0 Å². The molecule has 0 fully saturated rings. The van der Waals surface area contributed by atoms with Crippen LogP contribution in [0, 0.1) is 0 Å². The molecule has 0 N–H and O–H groups in total. The Morgan fingerprint density at radius 1 is 0.591 bits per heavy atom. The predicted molar refractivity (Wildman–Crippen MR) is 91.9 cm³/mol. The van der Waals surface area contributed by atoms with Crippen LogP contribution in [0.2, 0.25) is 0 Å². The zero-order valence-electron chi connectivity index (χ0n) is 11.9. The van der Waals surface area contributed by atoms with Crippen molar-refractivity contribution in [3.63, 3.8) is 0 Å². The van der Waals surface area contributed by atoms with E-state index in [0.717, 1.165) is 15.9 Å². The molecule has 0 amide bonds. The van der Waals surface area contributed by atoms with E-state index in [-0.39, 0.29) is 4.04 Å². The Kier molecular flexibility index (Phi) is 4.64. The molecule has 0 unspecified atom stereocenters. The van der Waals surface area contributed by atoms with Crippen molar-refractivity contribution >= 4 is 27.2 Å². The molecule has 3 heteroatoms. The summed E-state index contributed by atoms with van der Waals surface area (Å²) >= 11 is 1.74. The van der Waals surface area contributed by atoms with Crippen LogP contribution in [-0.2, 0) is 18.9 Å². The van der Waals surface area contributed by atoms with Gasteiger partial charge in [-0.3, -0.25) is 0 Å². The fraction of sp³-hybridized carbons (Fsp3) is 0. The van der Waals surface area contributed by atoms with Crippen molar-refractivity contribution in [2.75, 3.05) is 0 Å². The molecule has 0 aliphatic carbocycles. The van der Waals surface area contributed by atoms with Crippen molar-refractivity contribution in [1.82, 2.24) is 0 Å². The van der Waals surface area contributed by atoms with Crippen LogP contribution in [0.15, 0.2) is 91.0 Å². The van der Waals surface area contributed by atoms with Crippen molar-refractivity contribution in [3.05, 3.63) is 91.0 Å². The van der Waals surface area contributed by atoms with E-state index in [2.05, 4.69) is 36.4 Å². The van der Waals surface area contributed by atoms with E-state index >= 15 is 0 Å². The fourth-order valence-electron chi connectivity index (χ4n) is 2.89. The topological polar surface area (TPSA) is 17.1 Å². The van der Waals surface area contributed by atoms with E-state index in [1.807, 2.05) is 54.6 Å². The Labute approximate surface area is 141 Å². The third-order valence-electron chi connectivity index (χ3n) is 3.90. The first-order valence-electron chi connectivity index (χ1n) is 7.10. The minimum atomic E-state index is -2.64. The molecule has 22 heavy (non-hydrogen) atoms. The molecule has 0 saturated heterocycles. The van der Waals surface area contributed by atoms with Gasteiger partial charge in [-0.2, -0.15) is 0 Å². The second-order valence-electron chi connectivity index (χ2n) is 5.10. The molecule has 0 aromatic heterocycles. The average Bonchev–Trinajstić information content (AvgIpc) is 2.58. The second-order valence-corrected chi connectivity index (χ2v) is 11.0. The van der Waals surface area contributed by atoms with E-state index in [1.165, 1.54) is 0 Å². The summed E-state index contributed by atoms with van der Waals surface area (Å²) < 4.78 is 0.260. The molecule has 1 nitrogen and oxygen atoms in total. The Hall–Kier alpha value is -1.59. The van der Waals surface area contributed by atoms with Gasteiger partial charge in [-0.05, 0) is 0 Å². The van der Waals surface area contributed by atoms with E-state index in [4.69, 9.17) is 0 Å². The van der Waals surface area contributed by atoms with Crippen LogP contribution in [0.1, 0.15) is 0 Å². The summed E-state index contributed by atoms with van der Waals surface area (Å²) in [6.45, 7) is 0. The zero-order chi connectivity index (χ0) is 15.4. The van der Waals surface area contributed by atoms with Crippen molar-refractivity contribution in [2.24, 2.45) is 0 Å². The fourth-order valence-corrected chi connectivity index (χ4v) is 9.72. The number of benzene rings is 3. The summed E-state index contributed by atoms with van der Waals surface area (Å²) in [5, 5.41) is 3.42. The van der Waals surface area contributed by atoms with Crippen LogP contribution in [0.25, 0.3) is 0 Å². The van der Waals surface area contributed by atoms with Gasteiger partial charge in [0, 0.05) is 0 Å². The average molecular weight is 484 g/mol. The van der Waals surface area contributed by atoms with Gasteiger partial charge in [0.15, 0.2) is 0 Å². The monoisotopic (exact) mass is 484 g/mol. The summed E-state index contributed by atoms with van der Waals surface area (Å²) in [5.74, 6) is 0. The molecule has 0 bridgehead atoms. The van der Waals surface area contributed by atoms with Crippen molar-refractivity contribution in [2.45, 2.75) is 0 Å². The molecule has 0 spiro atoms. The summed E-state index contributed by atoms with van der Waals surface area (Å²) in [5.41, 5.74) is 0. The molecule has 0 aliphatic heterocycles. The summed E-state index contributed by atoms with van der Waals surface area (Å²) in [6, 6.07) is 30.7. The van der Waals surface area contributed by atoms with Crippen LogP contribution in [-0.4, -0.2) is 4.04 Å². The van der Waals surface area contributed by atoms with Gasteiger partial charge >= 0.3 is 142 Å². The van der Waals surface area contributed by atoms with Gasteiger partial charge in [0.2, 0.25) is 0 Å². The molecule has 0 radical (unpaired) electrons. The molecule has 112 valence electrons. The van der Waals surface area contributed by atoms with Crippen molar-refractivity contribution < 1.29 is 23.7 Å². The molecule has 0 aliphatic rings. The maximum absolute atomic E-state index is 12.9. The van der Waals surface area contributed by atoms with Crippen LogP contribution >= 0.6 is 7.26 Å². The molecular weight excluding hydrogens is 467 g/mol. The van der Waals surface area contributed by atoms with Crippen LogP contribution in [0.5, 0.6) is 0 Å². The number of hydrogen-bond acceptors (Lipinski definition) is 1. The SMILES string of the molecule is O=[C]([Ir])[PH](c1ccccc1)(c1ccccc1)c1ccccc1. The molecule has 3 aromatic carbocycles. The maximum atomic E-state index is 12.9. The number of carbonyl (C=O) groups is 1. The van der Waals surface area contributed by atoms with Gasteiger partial charge in [-0.1, -0.05) is 0 Å². The van der Waals surface area contributed by atoms with Gasteiger partial charge in [0.05, 0.1) is 0 Å². The number of hydrogen-bond donors (Lipinski definition) is 0. The van der Waals surface area contributed by atoms with Crippen LogP contribution in [0.3, 0.4) is 0 Å². The first-order chi connectivity index (χ1) is 10.8. The van der Waals surface area contributed by atoms with Crippen molar-refractivity contribution in [3.8, 4) is 0 Å². The molecule has 0 saturated carbocycles. The molecule has 0 heterocycles. The van der Waals surface area contributed by atoms with Crippen LogP contribution < -0.4 is 15.9 Å². The quantitative estimate of drug-likeness (QED) is 0.520. The molecule has 3 rings (SSSR count). The standard InChI is InChI=1S/C19H16OP.Ir/c20-16-21(17-10-4-1-5-11-17,18-12-6-2-7-13-18)19-14-8-3-9-15-19;/h1-15,21H;. The van der Waals surface area contributed by atoms with E-state index in [0.29, 0.717) is 0 Å². The van der Waals surface area contributed by atoms with Crippen LogP contribution in [0.4, 0.5) is 4.79 Å². The van der Waals surface area contributed by atoms with Crippen molar-refractivity contribution in [1.29, 1.82) is 0 Å². The van der Waals surface area contributed by atoms with Gasteiger partial charge in [0.25, 0.3) is 0 Å². The Morgan fingerprint density at radius 2 is 0.864 bits per heavy atom. The molecule has 0 atom stereocenters. The Morgan fingerprint density at radius 3 is 1.09 bits per heavy atom. The third kappa shape index (κ3) is 2.59. The summed E-state index contributed by atoms with van der Waals surface area (Å²) in [7, 11) is -2.64. The minimum absolute atomic E-state index is 0.260. The van der Waals surface area contributed by atoms with E-state index in [9.17, 15) is 4.79 Å². The van der Waals surface area contributed by atoms with Gasteiger partial charge in [-0.25, -0.2) is 0 Å². The third-order valence-corrected chi connectivity index (χ3v) is 10.7. The summed E-state index contributed by atoms with van der Waals surface area (Å²) in [6.07, 6.45) is 0. The van der Waals surface area contributed by atoms with Gasteiger partial charge in [-0.15, -0.1) is 0 Å². The van der Waals surface area contributed by atoms with Gasteiger partial charge < -0.3 is 0 Å². The summed E-state index contributed by atoms with van der Waals surface area (Å²) in [4.78, 5) is 12.9. The predicted octanol–water partition coefficient (Wildman–Crippen LogP) is 3.38. The molecule has 3 aromatic rings. The first kappa shape index (κ1) is 15.3.